The maximum Gasteiger partial charge on any atom is 0.250 e. The summed E-state index contributed by atoms with van der Waals surface area (Å²) in [5.74, 6) is 0. The van der Waals surface area contributed by atoms with Crippen molar-refractivity contribution in [2.24, 2.45) is 0 Å². The molecule has 24 heavy (non-hydrogen) atoms. The Morgan fingerprint density at radius 1 is 1.12 bits per heavy atom. The van der Waals surface area contributed by atoms with Gasteiger partial charge in [-0.2, -0.15) is 0 Å². The maximum absolute atomic E-state index is 12.2. The number of thiazole rings is 1. The van der Waals surface area contributed by atoms with Gasteiger partial charge in [0.1, 0.15) is 9.22 Å². The molecule has 0 spiro atoms. The fourth-order valence-corrected chi connectivity index (χ4v) is 5.42. The minimum atomic E-state index is -3.45. The summed E-state index contributed by atoms with van der Waals surface area (Å²) in [4.78, 5) is 5.67. The van der Waals surface area contributed by atoms with E-state index in [1.807, 2.05) is 6.92 Å². The molecule has 0 unspecified atom stereocenters. The lowest BCUT2D eigenvalue weighted by molar-refractivity contribution is 0.583. The molecule has 2 heterocycles. The molecule has 1 N–H and O–H groups in total. The lowest BCUT2D eigenvalue weighted by atomic mass is 10.1. The Bertz CT molecular complexity index is 911. The lowest BCUT2D eigenvalue weighted by Gasteiger charge is -2.02. The Morgan fingerprint density at radius 2 is 1.88 bits per heavy atom. The SMILES string of the molecule is Cc1ccc(Cc2sc(CNS(=O)(=O)c3cccs3)nc2C)cc1. The van der Waals surface area contributed by atoms with E-state index in [0.29, 0.717) is 4.21 Å². The minimum Gasteiger partial charge on any atom is -0.245 e. The lowest BCUT2D eigenvalue weighted by Crippen LogP contribution is -2.22. The zero-order chi connectivity index (χ0) is 17.2. The molecular weight excluding hydrogens is 360 g/mol. The Hall–Kier alpha value is -1.54. The monoisotopic (exact) mass is 378 g/mol. The normalized spacial score (nSPS) is 11.8. The Labute approximate surface area is 150 Å². The molecule has 4 nitrogen and oxygen atoms in total. The smallest absolute Gasteiger partial charge is 0.245 e. The van der Waals surface area contributed by atoms with E-state index in [1.54, 1.807) is 28.8 Å². The first-order valence-corrected chi connectivity index (χ1v) is 10.7. The number of thiophene rings is 1. The van der Waals surface area contributed by atoms with Gasteiger partial charge in [-0.3, -0.25) is 0 Å². The second kappa shape index (κ2) is 7.14. The zero-order valence-corrected chi connectivity index (χ0v) is 15.9. The van der Waals surface area contributed by atoms with Crippen molar-refractivity contribution in [3.8, 4) is 0 Å². The van der Waals surface area contributed by atoms with Crippen LogP contribution in [0.4, 0.5) is 0 Å². The standard InChI is InChI=1S/C17H18N2O2S3/c1-12-5-7-14(8-6-12)10-15-13(2)19-16(23-15)11-18-24(20,21)17-4-3-9-22-17/h3-9,18H,10-11H2,1-2H3. The second-order valence-electron chi connectivity index (χ2n) is 5.54. The van der Waals surface area contributed by atoms with E-state index in [2.05, 4.69) is 40.9 Å². The molecule has 0 saturated carbocycles. The van der Waals surface area contributed by atoms with Crippen molar-refractivity contribution >= 4 is 32.7 Å². The van der Waals surface area contributed by atoms with Crippen molar-refractivity contribution in [3.63, 3.8) is 0 Å². The maximum atomic E-state index is 12.2. The summed E-state index contributed by atoms with van der Waals surface area (Å²) in [5.41, 5.74) is 3.44. The highest BCUT2D eigenvalue weighted by Crippen LogP contribution is 2.23. The van der Waals surface area contributed by atoms with Crippen molar-refractivity contribution in [1.82, 2.24) is 9.71 Å². The molecule has 0 aliphatic rings. The van der Waals surface area contributed by atoms with Gasteiger partial charge in [0, 0.05) is 11.3 Å². The molecule has 2 aromatic heterocycles. The summed E-state index contributed by atoms with van der Waals surface area (Å²) in [6, 6.07) is 11.8. The van der Waals surface area contributed by atoms with Crippen molar-refractivity contribution < 1.29 is 8.42 Å². The van der Waals surface area contributed by atoms with Gasteiger partial charge in [-0.05, 0) is 30.9 Å². The number of nitrogens with one attached hydrogen (secondary N) is 1. The van der Waals surface area contributed by atoms with Gasteiger partial charge in [0.2, 0.25) is 10.0 Å². The molecule has 0 saturated heterocycles. The molecule has 0 atom stereocenters. The van der Waals surface area contributed by atoms with Crippen LogP contribution in [0.5, 0.6) is 0 Å². The molecule has 7 heteroatoms. The molecule has 3 aromatic rings. The third-order valence-corrected chi connectivity index (χ3v) is 7.55. The van der Waals surface area contributed by atoms with E-state index in [0.717, 1.165) is 17.1 Å². The molecule has 1 aromatic carbocycles. The van der Waals surface area contributed by atoms with E-state index < -0.39 is 10.0 Å². The predicted octanol–water partition coefficient (Wildman–Crippen LogP) is 3.89. The van der Waals surface area contributed by atoms with Crippen LogP contribution in [-0.4, -0.2) is 13.4 Å². The summed E-state index contributed by atoms with van der Waals surface area (Å²) in [6.07, 6.45) is 0.821. The van der Waals surface area contributed by atoms with Crippen LogP contribution in [0.3, 0.4) is 0 Å². The summed E-state index contributed by atoms with van der Waals surface area (Å²) >= 11 is 2.77. The minimum absolute atomic E-state index is 0.222. The average molecular weight is 379 g/mol. The molecule has 0 amide bonds. The molecule has 0 aliphatic carbocycles. The third kappa shape index (κ3) is 4.10. The first kappa shape index (κ1) is 17.3. The summed E-state index contributed by atoms with van der Waals surface area (Å²) in [7, 11) is -3.45. The van der Waals surface area contributed by atoms with Crippen LogP contribution in [0.1, 0.15) is 26.7 Å². The predicted molar refractivity (Wildman–Crippen MR) is 99.2 cm³/mol. The molecular formula is C17H18N2O2S3. The topological polar surface area (TPSA) is 59.1 Å². The van der Waals surface area contributed by atoms with Crippen LogP contribution in [0.15, 0.2) is 46.0 Å². The highest BCUT2D eigenvalue weighted by atomic mass is 32.2. The van der Waals surface area contributed by atoms with Crippen molar-refractivity contribution in [1.29, 1.82) is 0 Å². The molecule has 126 valence electrons. The average Bonchev–Trinajstić information content (AvgIpc) is 3.19. The van der Waals surface area contributed by atoms with Gasteiger partial charge in [-0.25, -0.2) is 18.1 Å². The van der Waals surface area contributed by atoms with Gasteiger partial charge < -0.3 is 0 Å². The van der Waals surface area contributed by atoms with Gasteiger partial charge in [0.05, 0.1) is 12.2 Å². The number of nitrogens with zero attached hydrogens (tertiary/aromatic N) is 1. The second-order valence-corrected chi connectivity index (χ2v) is 9.64. The number of hydrogen-bond donors (Lipinski definition) is 1. The van der Waals surface area contributed by atoms with Gasteiger partial charge in [0.25, 0.3) is 0 Å². The van der Waals surface area contributed by atoms with E-state index in [1.165, 1.54) is 27.3 Å². The Kier molecular flexibility index (Phi) is 5.15. The zero-order valence-electron chi connectivity index (χ0n) is 13.4. The van der Waals surface area contributed by atoms with Crippen LogP contribution in [-0.2, 0) is 23.0 Å². The number of benzene rings is 1. The molecule has 0 radical (unpaired) electrons. The van der Waals surface area contributed by atoms with Crippen LogP contribution in [0, 0.1) is 13.8 Å². The van der Waals surface area contributed by atoms with Crippen molar-refractivity contribution in [3.05, 3.63) is 68.5 Å². The fourth-order valence-electron chi connectivity index (χ4n) is 2.26. The highest BCUT2D eigenvalue weighted by Gasteiger charge is 2.16. The molecule has 0 aliphatic heterocycles. The van der Waals surface area contributed by atoms with Gasteiger partial charge in [-0.1, -0.05) is 35.9 Å². The van der Waals surface area contributed by atoms with Crippen molar-refractivity contribution in [2.45, 2.75) is 31.0 Å². The van der Waals surface area contributed by atoms with Gasteiger partial charge >= 0.3 is 0 Å². The molecule has 0 bridgehead atoms. The van der Waals surface area contributed by atoms with Crippen LogP contribution in [0.25, 0.3) is 0 Å². The third-order valence-electron chi connectivity index (χ3n) is 3.60. The Balaban J connectivity index is 1.69. The van der Waals surface area contributed by atoms with Gasteiger partial charge in [0.15, 0.2) is 0 Å². The largest absolute Gasteiger partial charge is 0.250 e. The quantitative estimate of drug-likeness (QED) is 0.708. The first-order chi connectivity index (χ1) is 11.4. The van der Waals surface area contributed by atoms with Gasteiger partial charge in [-0.15, -0.1) is 22.7 Å². The number of hydrogen-bond acceptors (Lipinski definition) is 5. The summed E-state index contributed by atoms with van der Waals surface area (Å²) < 4.78 is 27.3. The fraction of sp³-hybridized carbons (Fsp3) is 0.235. The Morgan fingerprint density at radius 3 is 2.54 bits per heavy atom. The first-order valence-electron chi connectivity index (χ1n) is 7.48. The van der Waals surface area contributed by atoms with E-state index in [-0.39, 0.29) is 6.54 Å². The number of sulfonamides is 1. The molecule has 3 rings (SSSR count). The number of aromatic nitrogens is 1. The summed E-state index contributed by atoms with van der Waals surface area (Å²) in [6.45, 7) is 4.26. The highest BCUT2D eigenvalue weighted by molar-refractivity contribution is 7.91. The summed E-state index contributed by atoms with van der Waals surface area (Å²) in [5, 5.41) is 2.54. The van der Waals surface area contributed by atoms with E-state index in [9.17, 15) is 8.42 Å². The van der Waals surface area contributed by atoms with Crippen LogP contribution in [0.2, 0.25) is 0 Å². The number of aryl methyl sites for hydroxylation is 2. The van der Waals surface area contributed by atoms with Crippen LogP contribution < -0.4 is 4.72 Å². The van der Waals surface area contributed by atoms with Crippen molar-refractivity contribution in [2.75, 3.05) is 0 Å². The van der Waals surface area contributed by atoms with Crippen LogP contribution >= 0.6 is 22.7 Å². The number of rotatable bonds is 6. The van der Waals surface area contributed by atoms with E-state index in [4.69, 9.17) is 0 Å². The van der Waals surface area contributed by atoms with E-state index >= 15 is 0 Å². The molecule has 0 fully saturated rings.